The summed E-state index contributed by atoms with van der Waals surface area (Å²) in [7, 11) is 0. The Bertz CT molecular complexity index is 124. The smallest absolute Gasteiger partial charge is 0.139 e. The summed E-state index contributed by atoms with van der Waals surface area (Å²) in [5.41, 5.74) is -0.223. The van der Waals surface area contributed by atoms with Crippen molar-refractivity contribution in [3.63, 3.8) is 0 Å². The van der Waals surface area contributed by atoms with E-state index < -0.39 is 0 Å². The lowest BCUT2D eigenvalue weighted by Crippen LogP contribution is -2.37. The summed E-state index contributed by atoms with van der Waals surface area (Å²) in [6, 6.07) is 0. The summed E-state index contributed by atoms with van der Waals surface area (Å²) < 4.78 is 0. The Morgan fingerprint density at radius 3 is 2.67 bits per heavy atom. The van der Waals surface area contributed by atoms with E-state index in [0.29, 0.717) is 5.92 Å². The van der Waals surface area contributed by atoms with Gasteiger partial charge in [-0.05, 0) is 25.8 Å². The molecule has 0 aliphatic carbocycles. The Morgan fingerprint density at radius 1 is 1.78 bits per heavy atom. The number of hydrogen-bond donors (Lipinski definition) is 1. The normalized spacial score (nSPS) is 43.1. The fourth-order valence-corrected chi connectivity index (χ4v) is 1.37. The minimum absolute atomic E-state index is 0.223. The lowest BCUT2D eigenvalue weighted by atomic mass is 9.98. The number of rotatable bonds is 1. The second-order valence-corrected chi connectivity index (χ2v) is 3.23. The lowest BCUT2D eigenvalue weighted by molar-refractivity contribution is -0.112. The van der Waals surface area contributed by atoms with Crippen LogP contribution in [0.15, 0.2) is 0 Å². The molecule has 2 atom stereocenters. The maximum Gasteiger partial charge on any atom is 0.139 e. The Morgan fingerprint density at radius 2 is 2.44 bits per heavy atom. The first-order chi connectivity index (χ1) is 4.16. The third-order valence-electron chi connectivity index (χ3n) is 1.89. The summed E-state index contributed by atoms with van der Waals surface area (Å²) in [4.78, 5) is 10.4. The van der Waals surface area contributed by atoms with Crippen LogP contribution in [0.2, 0.25) is 0 Å². The fraction of sp³-hybridized carbons (Fsp3) is 0.857. The average molecular weight is 127 g/mol. The van der Waals surface area contributed by atoms with E-state index in [1.54, 1.807) is 0 Å². The second-order valence-electron chi connectivity index (χ2n) is 3.23. The molecule has 1 saturated heterocycles. The molecule has 2 unspecified atom stereocenters. The van der Waals surface area contributed by atoms with Crippen molar-refractivity contribution in [2.75, 3.05) is 6.54 Å². The van der Waals surface area contributed by atoms with Crippen molar-refractivity contribution >= 4 is 6.29 Å². The summed E-state index contributed by atoms with van der Waals surface area (Å²) in [6.45, 7) is 5.08. The highest BCUT2D eigenvalue weighted by molar-refractivity contribution is 5.64. The van der Waals surface area contributed by atoms with Crippen molar-refractivity contribution in [3.05, 3.63) is 0 Å². The SMILES string of the molecule is CC1CNC(C)(C=O)C1. The van der Waals surface area contributed by atoms with Crippen LogP contribution in [0.1, 0.15) is 20.3 Å². The predicted octanol–water partition coefficient (Wildman–Crippen LogP) is 0.573. The van der Waals surface area contributed by atoms with Gasteiger partial charge in [0.25, 0.3) is 0 Å². The monoisotopic (exact) mass is 127 g/mol. The van der Waals surface area contributed by atoms with Crippen molar-refractivity contribution in [3.8, 4) is 0 Å². The molecule has 2 heteroatoms. The number of hydrogen-bond acceptors (Lipinski definition) is 2. The van der Waals surface area contributed by atoms with Crippen LogP contribution in [0, 0.1) is 5.92 Å². The van der Waals surface area contributed by atoms with E-state index in [1.807, 2.05) is 6.92 Å². The van der Waals surface area contributed by atoms with E-state index in [4.69, 9.17) is 0 Å². The molecule has 1 N–H and O–H groups in total. The highest BCUT2D eigenvalue weighted by Crippen LogP contribution is 2.20. The van der Waals surface area contributed by atoms with E-state index in [9.17, 15) is 4.79 Å². The highest BCUT2D eigenvalue weighted by Gasteiger charge is 2.31. The average Bonchev–Trinajstić information content (AvgIpc) is 2.13. The zero-order valence-electron chi connectivity index (χ0n) is 5.98. The molecule has 0 aromatic rings. The summed E-state index contributed by atoms with van der Waals surface area (Å²) in [5, 5.41) is 3.16. The molecule has 0 spiro atoms. The first-order valence-corrected chi connectivity index (χ1v) is 3.38. The molecule has 52 valence electrons. The first kappa shape index (κ1) is 6.75. The van der Waals surface area contributed by atoms with Crippen LogP contribution in [0.4, 0.5) is 0 Å². The van der Waals surface area contributed by atoms with E-state index in [-0.39, 0.29) is 5.54 Å². The van der Waals surface area contributed by atoms with Crippen LogP contribution in [0.3, 0.4) is 0 Å². The molecule has 1 heterocycles. The van der Waals surface area contributed by atoms with Gasteiger partial charge < -0.3 is 10.1 Å². The van der Waals surface area contributed by atoms with Crippen LogP contribution in [-0.4, -0.2) is 18.4 Å². The number of aldehydes is 1. The van der Waals surface area contributed by atoms with Crippen LogP contribution in [0.25, 0.3) is 0 Å². The number of nitrogens with one attached hydrogen (secondary N) is 1. The number of carbonyl (C=O) groups excluding carboxylic acids is 1. The van der Waals surface area contributed by atoms with Crippen molar-refractivity contribution in [2.45, 2.75) is 25.8 Å². The minimum Gasteiger partial charge on any atom is -0.305 e. The van der Waals surface area contributed by atoms with Crippen molar-refractivity contribution in [2.24, 2.45) is 5.92 Å². The van der Waals surface area contributed by atoms with Gasteiger partial charge in [-0.1, -0.05) is 6.92 Å². The van der Waals surface area contributed by atoms with Gasteiger partial charge >= 0.3 is 0 Å². The largest absolute Gasteiger partial charge is 0.305 e. The molecule has 1 rings (SSSR count). The molecule has 9 heavy (non-hydrogen) atoms. The van der Waals surface area contributed by atoms with Gasteiger partial charge in [-0.2, -0.15) is 0 Å². The molecule has 0 bridgehead atoms. The van der Waals surface area contributed by atoms with Crippen molar-refractivity contribution < 1.29 is 4.79 Å². The van der Waals surface area contributed by atoms with Gasteiger partial charge in [-0.3, -0.25) is 0 Å². The van der Waals surface area contributed by atoms with Crippen molar-refractivity contribution in [1.82, 2.24) is 5.32 Å². The lowest BCUT2D eigenvalue weighted by Gasteiger charge is -2.14. The maximum absolute atomic E-state index is 10.4. The second kappa shape index (κ2) is 2.10. The van der Waals surface area contributed by atoms with E-state index in [1.165, 1.54) is 0 Å². The summed E-state index contributed by atoms with van der Waals surface area (Å²) in [5.74, 6) is 0.653. The zero-order chi connectivity index (χ0) is 6.91. The molecular formula is C7H13NO. The Kier molecular flexibility index (Phi) is 1.58. The molecule has 0 aromatic heterocycles. The molecule has 1 aliphatic heterocycles. The van der Waals surface area contributed by atoms with Gasteiger partial charge in [0.05, 0.1) is 5.54 Å². The molecule has 1 aliphatic rings. The van der Waals surface area contributed by atoms with Gasteiger partial charge in [0.15, 0.2) is 0 Å². The molecular weight excluding hydrogens is 114 g/mol. The molecule has 0 amide bonds. The third-order valence-corrected chi connectivity index (χ3v) is 1.89. The topological polar surface area (TPSA) is 29.1 Å². The minimum atomic E-state index is -0.223. The first-order valence-electron chi connectivity index (χ1n) is 3.38. The molecule has 0 radical (unpaired) electrons. The highest BCUT2D eigenvalue weighted by atomic mass is 16.1. The Labute approximate surface area is 55.6 Å². The van der Waals surface area contributed by atoms with Gasteiger partial charge in [0.1, 0.15) is 6.29 Å². The van der Waals surface area contributed by atoms with Crippen LogP contribution in [0.5, 0.6) is 0 Å². The molecule has 2 nitrogen and oxygen atoms in total. The van der Waals surface area contributed by atoms with Gasteiger partial charge in [-0.25, -0.2) is 0 Å². The molecule has 0 aromatic carbocycles. The molecule has 1 fully saturated rings. The predicted molar refractivity (Wildman–Crippen MR) is 36.3 cm³/mol. The Hall–Kier alpha value is -0.370. The van der Waals surface area contributed by atoms with E-state index in [2.05, 4.69) is 12.2 Å². The summed E-state index contributed by atoms with van der Waals surface area (Å²) in [6.07, 6.45) is 1.99. The van der Waals surface area contributed by atoms with Crippen LogP contribution < -0.4 is 5.32 Å². The standard InChI is InChI=1S/C7H13NO/c1-6-3-7(2,5-9)8-4-6/h5-6,8H,3-4H2,1-2H3. The van der Waals surface area contributed by atoms with Gasteiger partial charge in [-0.15, -0.1) is 0 Å². The molecule has 0 saturated carbocycles. The van der Waals surface area contributed by atoms with Gasteiger partial charge in [0, 0.05) is 0 Å². The van der Waals surface area contributed by atoms with Crippen molar-refractivity contribution in [1.29, 1.82) is 0 Å². The number of carbonyl (C=O) groups is 1. The fourth-order valence-electron chi connectivity index (χ4n) is 1.37. The van der Waals surface area contributed by atoms with Crippen LogP contribution in [-0.2, 0) is 4.79 Å². The third kappa shape index (κ3) is 1.30. The summed E-state index contributed by atoms with van der Waals surface area (Å²) >= 11 is 0. The zero-order valence-corrected chi connectivity index (χ0v) is 5.98. The van der Waals surface area contributed by atoms with E-state index in [0.717, 1.165) is 19.3 Å². The quantitative estimate of drug-likeness (QED) is 0.522. The Balaban J connectivity index is 2.54. The van der Waals surface area contributed by atoms with Gasteiger partial charge in [0.2, 0.25) is 0 Å². The van der Waals surface area contributed by atoms with Crippen LogP contribution >= 0.6 is 0 Å². The maximum atomic E-state index is 10.4. The van der Waals surface area contributed by atoms with E-state index >= 15 is 0 Å².